The fraction of sp³-hybridized carbons (Fsp3) is 0.562. The summed E-state index contributed by atoms with van der Waals surface area (Å²) in [6.45, 7) is 4.68. The van der Waals surface area contributed by atoms with Crippen LogP contribution < -0.4 is 5.73 Å². The molecule has 0 saturated carbocycles. The molecule has 4 nitrogen and oxygen atoms in total. The van der Waals surface area contributed by atoms with E-state index in [2.05, 4.69) is 18.9 Å². The van der Waals surface area contributed by atoms with E-state index in [0.717, 1.165) is 31.6 Å². The fourth-order valence-electron chi connectivity index (χ4n) is 2.78. The third-order valence-electron chi connectivity index (χ3n) is 4.18. The van der Waals surface area contributed by atoms with E-state index in [0.29, 0.717) is 12.5 Å². The van der Waals surface area contributed by atoms with Crippen molar-refractivity contribution in [3.8, 4) is 0 Å². The van der Waals surface area contributed by atoms with Crippen molar-refractivity contribution in [2.75, 3.05) is 26.7 Å². The zero-order valence-corrected chi connectivity index (χ0v) is 12.5. The fourth-order valence-corrected chi connectivity index (χ4v) is 2.78. The molecule has 4 heteroatoms. The molecule has 2 rings (SSSR count). The first-order valence-corrected chi connectivity index (χ1v) is 7.40. The zero-order valence-electron chi connectivity index (χ0n) is 12.5. The quantitative estimate of drug-likeness (QED) is 0.895. The Morgan fingerprint density at radius 1 is 1.35 bits per heavy atom. The molecule has 0 bridgehead atoms. The number of hydrogen-bond acceptors (Lipinski definition) is 3. The number of hydrogen-bond donors (Lipinski definition) is 1. The number of nitrogens with zero attached hydrogens (tertiary/aromatic N) is 2. The Labute approximate surface area is 121 Å². The molecular formula is C16H25N3O. The van der Waals surface area contributed by atoms with Crippen LogP contribution >= 0.6 is 0 Å². The van der Waals surface area contributed by atoms with Gasteiger partial charge in [0.15, 0.2) is 0 Å². The molecule has 1 heterocycles. The van der Waals surface area contributed by atoms with Crippen molar-refractivity contribution in [3.05, 3.63) is 35.9 Å². The average molecular weight is 275 g/mol. The Balaban J connectivity index is 1.93. The maximum absolute atomic E-state index is 12.5. The van der Waals surface area contributed by atoms with Crippen LogP contribution in [0.5, 0.6) is 0 Å². The highest BCUT2D eigenvalue weighted by Crippen LogP contribution is 2.12. The largest absolute Gasteiger partial charge is 0.338 e. The smallest absolute Gasteiger partial charge is 0.239 e. The number of rotatable bonds is 4. The molecule has 2 atom stereocenters. The van der Waals surface area contributed by atoms with Crippen molar-refractivity contribution in [1.29, 1.82) is 0 Å². The van der Waals surface area contributed by atoms with Crippen LogP contribution in [0.15, 0.2) is 30.3 Å². The highest BCUT2D eigenvalue weighted by molar-refractivity contribution is 5.82. The lowest BCUT2D eigenvalue weighted by atomic mass is 10.0. The van der Waals surface area contributed by atoms with Crippen molar-refractivity contribution >= 4 is 5.91 Å². The summed E-state index contributed by atoms with van der Waals surface area (Å²) >= 11 is 0. The first-order valence-electron chi connectivity index (χ1n) is 7.40. The molecule has 1 aromatic rings. The summed E-state index contributed by atoms with van der Waals surface area (Å²) in [5, 5.41) is 0. The molecule has 1 saturated heterocycles. The normalized spacial score (nSPS) is 21.8. The van der Waals surface area contributed by atoms with Gasteiger partial charge in [-0.25, -0.2) is 0 Å². The van der Waals surface area contributed by atoms with Crippen LogP contribution in [0.1, 0.15) is 18.9 Å². The zero-order chi connectivity index (χ0) is 14.5. The van der Waals surface area contributed by atoms with E-state index in [4.69, 9.17) is 5.73 Å². The molecule has 1 aliphatic heterocycles. The number of benzene rings is 1. The summed E-state index contributed by atoms with van der Waals surface area (Å²) in [5.41, 5.74) is 7.22. The second kappa shape index (κ2) is 6.86. The third kappa shape index (κ3) is 3.58. The summed E-state index contributed by atoms with van der Waals surface area (Å²) in [6.07, 6.45) is 1.68. The summed E-state index contributed by atoms with van der Waals surface area (Å²) in [7, 11) is 2.12. The van der Waals surface area contributed by atoms with Gasteiger partial charge in [0.05, 0.1) is 6.04 Å². The molecule has 0 radical (unpaired) electrons. The maximum Gasteiger partial charge on any atom is 0.239 e. The van der Waals surface area contributed by atoms with Gasteiger partial charge in [-0.05, 0) is 25.5 Å². The minimum absolute atomic E-state index is 0.0837. The summed E-state index contributed by atoms with van der Waals surface area (Å²) in [4.78, 5) is 16.7. The molecule has 1 amide bonds. The van der Waals surface area contributed by atoms with E-state index in [-0.39, 0.29) is 5.91 Å². The topological polar surface area (TPSA) is 49.6 Å². The van der Waals surface area contributed by atoms with Crippen molar-refractivity contribution in [2.45, 2.75) is 31.8 Å². The van der Waals surface area contributed by atoms with Gasteiger partial charge in [0.2, 0.25) is 5.91 Å². The Morgan fingerprint density at radius 2 is 2.05 bits per heavy atom. The molecule has 0 aliphatic carbocycles. The van der Waals surface area contributed by atoms with Crippen LogP contribution in [0.4, 0.5) is 0 Å². The van der Waals surface area contributed by atoms with E-state index in [1.54, 1.807) is 0 Å². The number of piperazine rings is 1. The van der Waals surface area contributed by atoms with E-state index in [1.807, 2.05) is 35.2 Å². The number of amides is 1. The van der Waals surface area contributed by atoms with Crippen LogP contribution in [0, 0.1) is 0 Å². The summed E-state index contributed by atoms with van der Waals surface area (Å²) in [6, 6.07) is 10.0. The van der Waals surface area contributed by atoms with Gasteiger partial charge >= 0.3 is 0 Å². The van der Waals surface area contributed by atoms with E-state index in [9.17, 15) is 4.79 Å². The maximum atomic E-state index is 12.5. The molecule has 1 unspecified atom stereocenters. The predicted molar refractivity (Wildman–Crippen MR) is 81.4 cm³/mol. The van der Waals surface area contributed by atoms with Gasteiger partial charge in [-0.3, -0.25) is 9.69 Å². The van der Waals surface area contributed by atoms with Crippen LogP contribution in [0.2, 0.25) is 0 Å². The number of carbonyl (C=O) groups excluding carboxylic acids is 1. The van der Waals surface area contributed by atoms with E-state index >= 15 is 0 Å². The van der Waals surface area contributed by atoms with Crippen LogP contribution in [-0.2, 0) is 11.2 Å². The third-order valence-corrected chi connectivity index (χ3v) is 4.18. The molecular weight excluding hydrogens is 250 g/mol. The second-order valence-corrected chi connectivity index (χ2v) is 5.62. The summed E-state index contributed by atoms with van der Waals surface area (Å²) in [5.74, 6) is 0.0837. The standard InChI is InChI=1S/C16H25N3O/c1-3-14-12-19(10-9-18(14)2)16(20)15(17)11-13-7-5-4-6-8-13/h4-8,14-15H,3,9-12,17H2,1-2H3/t14?,15-/m0/s1. The molecule has 20 heavy (non-hydrogen) atoms. The van der Waals surface area contributed by atoms with Crippen LogP contribution in [0.3, 0.4) is 0 Å². The van der Waals surface area contributed by atoms with E-state index in [1.165, 1.54) is 0 Å². The molecule has 1 aromatic carbocycles. The number of likely N-dealkylation sites (N-methyl/N-ethyl adjacent to an activating group) is 1. The Bertz CT molecular complexity index is 435. The van der Waals surface area contributed by atoms with Gasteiger partial charge in [-0.2, -0.15) is 0 Å². The molecule has 0 aromatic heterocycles. The number of carbonyl (C=O) groups is 1. The van der Waals surface area contributed by atoms with Gasteiger partial charge in [0.1, 0.15) is 0 Å². The predicted octanol–water partition coefficient (Wildman–Crippen LogP) is 1.11. The summed E-state index contributed by atoms with van der Waals surface area (Å²) < 4.78 is 0. The molecule has 110 valence electrons. The Hall–Kier alpha value is -1.39. The lowest BCUT2D eigenvalue weighted by molar-refractivity contribution is -0.135. The van der Waals surface area contributed by atoms with Crippen LogP contribution in [-0.4, -0.2) is 54.5 Å². The van der Waals surface area contributed by atoms with Gasteiger partial charge in [0.25, 0.3) is 0 Å². The SMILES string of the molecule is CCC1CN(C(=O)[C@@H](N)Cc2ccccc2)CCN1C. The molecule has 2 N–H and O–H groups in total. The van der Waals surface area contributed by atoms with Gasteiger partial charge < -0.3 is 10.6 Å². The minimum atomic E-state index is -0.432. The van der Waals surface area contributed by atoms with Crippen molar-refractivity contribution in [3.63, 3.8) is 0 Å². The average Bonchev–Trinajstić information content (AvgIpc) is 2.48. The first kappa shape index (κ1) is 15.0. The first-order chi connectivity index (χ1) is 9.61. The minimum Gasteiger partial charge on any atom is -0.338 e. The highest BCUT2D eigenvalue weighted by atomic mass is 16.2. The lowest BCUT2D eigenvalue weighted by Gasteiger charge is -2.40. The number of nitrogens with two attached hydrogens (primary N) is 1. The van der Waals surface area contributed by atoms with E-state index < -0.39 is 6.04 Å². The van der Waals surface area contributed by atoms with Crippen LogP contribution in [0.25, 0.3) is 0 Å². The monoisotopic (exact) mass is 275 g/mol. The molecule has 0 spiro atoms. The van der Waals surface area contributed by atoms with Crippen molar-refractivity contribution < 1.29 is 4.79 Å². The molecule has 1 aliphatic rings. The van der Waals surface area contributed by atoms with Gasteiger partial charge in [0, 0.05) is 25.7 Å². The molecule has 1 fully saturated rings. The second-order valence-electron chi connectivity index (χ2n) is 5.62. The lowest BCUT2D eigenvalue weighted by Crippen LogP contribution is -2.56. The van der Waals surface area contributed by atoms with Gasteiger partial charge in [-0.15, -0.1) is 0 Å². The Kier molecular flexibility index (Phi) is 5.15. The highest BCUT2D eigenvalue weighted by Gasteiger charge is 2.28. The van der Waals surface area contributed by atoms with Crippen molar-refractivity contribution in [2.24, 2.45) is 5.73 Å². The van der Waals surface area contributed by atoms with Gasteiger partial charge in [-0.1, -0.05) is 37.3 Å². The van der Waals surface area contributed by atoms with Crippen molar-refractivity contribution in [1.82, 2.24) is 9.80 Å². The Morgan fingerprint density at radius 3 is 2.70 bits per heavy atom.